The number of nitrogens with two attached hydrogens (primary N) is 1. The number of hydrogen-bond donors (Lipinski definition) is 1. The third-order valence-electron chi connectivity index (χ3n) is 9.00. The SMILES string of the molecule is CCOC(=O)CC1CCC(C(=O)N2c3ccc(C(F)(F)F)cc3[C@@H](C(N)c3cc(C(F)(F)F)cc(C(F)(F)F)c3)C[C@H]2CC)CC1. The molecule has 2 aliphatic rings. The first-order valence-electron chi connectivity index (χ1n) is 15.1. The molecule has 1 aliphatic carbocycles. The van der Waals surface area contributed by atoms with Crippen molar-refractivity contribution >= 4 is 17.6 Å². The molecule has 2 aromatic carbocycles. The van der Waals surface area contributed by atoms with Crippen molar-refractivity contribution in [2.45, 2.75) is 95.3 Å². The standard InChI is InChI=1S/C32H35F9N2O3/c1-3-23-16-25(28(42)19-12-21(31(36,37)38)14-22(13-19)32(39,40)41)24-15-20(30(33,34)35)9-10-26(24)43(23)29(45)18-7-5-17(6-8-18)11-27(44)46-4-2/h9-10,12-15,17-18,23,25,28H,3-8,11,16,42H2,1-2H3/t17?,18?,23-,25+,28?/m1/s1. The van der Waals surface area contributed by atoms with Gasteiger partial charge in [0.15, 0.2) is 0 Å². The summed E-state index contributed by atoms with van der Waals surface area (Å²) in [6.45, 7) is 3.67. The number of hydrogen-bond acceptors (Lipinski definition) is 4. The van der Waals surface area contributed by atoms with E-state index in [1.54, 1.807) is 13.8 Å². The van der Waals surface area contributed by atoms with Gasteiger partial charge in [-0.1, -0.05) is 6.92 Å². The lowest BCUT2D eigenvalue weighted by molar-refractivity contribution is -0.145. The van der Waals surface area contributed by atoms with Crippen LogP contribution in [0.5, 0.6) is 0 Å². The molecule has 1 amide bonds. The van der Waals surface area contributed by atoms with Gasteiger partial charge in [0.1, 0.15) is 0 Å². The Bertz CT molecular complexity index is 1380. The molecule has 46 heavy (non-hydrogen) atoms. The highest BCUT2D eigenvalue weighted by atomic mass is 19.4. The minimum atomic E-state index is -5.14. The van der Waals surface area contributed by atoms with Crippen molar-refractivity contribution in [3.63, 3.8) is 0 Å². The number of alkyl halides is 9. The summed E-state index contributed by atoms with van der Waals surface area (Å²) < 4.78 is 128. The number of ether oxygens (including phenoxy) is 1. The fourth-order valence-electron chi connectivity index (χ4n) is 6.63. The van der Waals surface area contributed by atoms with Crippen LogP contribution in [0.25, 0.3) is 0 Å². The summed E-state index contributed by atoms with van der Waals surface area (Å²) >= 11 is 0. The van der Waals surface area contributed by atoms with E-state index in [0.29, 0.717) is 44.2 Å². The van der Waals surface area contributed by atoms with Crippen molar-refractivity contribution in [3.8, 4) is 0 Å². The average Bonchev–Trinajstić information content (AvgIpc) is 2.98. The Hall–Kier alpha value is -3.29. The maximum Gasteiger partial charge on any atom is 0.416 e. The average molecular weight is 667 g/mol. The van der Waals surface area contributed by atoms with Crippen LogP contribution in [-0.2, 0) is 32.9 Å². The molecule has 0 spiro atoms. The Balaban J connectivity index is 1.73. The summed E-state index contributed by atoms with van der Waals surface area (Å²) in [6.07, 6.45) is -12.7. The van der Waals surface area contributed by atoms with Gasteiger partial charge in [-0.05, 0) is 98.9 Å². The van der Waals surface area contributed by atoms with Crippen LogP contribution >= 0.6 is 0 Å². The van der Waals surface area contributed by atoms with Crippen molar-refractivity contribution in [2.24, 2.45) is 17.6 Å². The maximum absolute atomic E-state index is 14.0. The third kappa shape index (κ3) is 7.80. The smallest absolute Gasteiger partial charge is 0.416 e. The molecule has 4 rings (SSSR count). The predicted molar refractivity (Wildman–Crippen MR) is 150 cm³/mol. The molecule has 2 N–H and O–H groups in total. The lowest BCUT2D eigenvalue weighted by Gasteiger charge is -2.44. The Morgan fingerprint density at radius 2 is 1.41 bits per heavy atom. The van der Waals surface area contributed by atoms with Gasteiger partial charge in [0.25, 0.3) is 0 Å². The third-order valence-corrected chi connectivity index (χ3v) is 9.00. The molecule has 1 unspecified atom stereocenters. The van der Waals surface area contributed by atoms with Crippen molar-refractivity contribution < 1.29 is 53.8 Å². The second kappa shape index (κ2) is 13.4. The summed E-state index contributed by atoms with van der Waals surface area (Å²) in [4.78, 5) is 27.3. The highest BCUT2D eigenvalue weighted by Crippen LogP contribution is 2.49. The predicted octanol–water partition coefficient (Wildman–Crippen LogP) is 8.80. The first-order chi connectivity index (χ1) is 21.3. The van der Waals surface area contributed by atoms with E-state index in [4.69, 9.17) is 10.5 Å². The van der Waals surface area contributed by atoms with E-state index in [2.05, 4.69) is 0 Å². The summed E-state index contributed by atoms with van der Waals surface area (Å²) in [5.41, 5.74) is 1.57. The van der Waals surface area contributed by atoms with E-state index in [9.17, 15) is 49.1 Å². The molecular weight excluding hydrogens is 631 g/mol. The number of carbonyl (C=O) groups is 2. The highest BCUT2D eigenvalue weighted by molar-refractivity contribution is 5.97. The van der Waals surface area contributed by atoms with Crippen molar-refractivity contribution in [3.05, 3.63) is 64.2 Å². The van der Waals surface area contributed by atoms with Gasteiger partial charge < -0.3 is 15.4 Å². The maximum atomic E-state index is 14.0. The number of benzene rings is 2. The van der Waals surface area contributed by atoms with Crippen LogP contribution in [0.4, 0.5) is 45.2 Å². The topological polar surface area (TPSA) is 72.6 Å². The summed E-state index contributed by atoms with van der Waals surface area (Å²) in [5, 5.41) is 0. The molecule has 0 bridgehead atoms. The van der Waals surface area contributed by atoms with Gasteiger partial charge in [0.2, 0.25) is 5.91 Å². The van der Waals surface area contributed by atoms with Crippen LogP contribution in [0.1, 0.15) is 98.6 Å². The monoisotopic (exact) mass is 666 g/mol. The molecule has 0 saturated heterocycles. The highest BCUT2D eigenvalue weighted by Gasteiger charge is 2.44. The second-order valence-corrected chi connectivity index (χ2v) is 12.0. The van der Waals surface area contributed by atoms with Crippen LogP contribution in [0.3, 0.4) is 0 Å². The molecule has 1 saturated carbocycles. The summed E-state index contributed by atoms with van der Waals surface area (Å²) in [6, 6.07) is 1.43. The van der Waals surface area contributed by atoms with Crippen LogP contribution in [0.15, 0.2) is 36.4 Å². The van der Waals surface area contributed by atoms with Gasteiger partial charge in [0.05, 0.1) is 23.3 Å². The van der Waals surface area contributed by atoms with Crippen molar-refractivity contribution in [1.82, 2.24) is 0 Å². The van der Waals surface area contributed by atoms with E-state index < -0.39 is 64.7 Å². The van der Waals surface area contributed by atoms with Gasteiger partial charge in [-0.2, -0.15) is 39.5 Å². The molecule has 0 radical (unpaired) electrons. The number of halogens is 9. The quantitative estimate of drug-likeness (QED) is 0.237. The van der Waals surface area contributed by atoms with Gasteiger partial charge in [-0.3, -0.25) is 9.59 Å². The second-order valence-electron chi connectivity index (χ2n) is 12.0. The molecule has 254 valence electrons. The van der Waals surface area contributed by atoms with E-state index in [1.165, 1.54) is 4.90 Å². The molecule has 14 heteroatoms. The Labute approximate surface area is 260 Å². The van der Waals surface area contributed by atoms with E-state index >= 15 is 0 Å². The van der Waals surface area contributed by atoms with Crippen LogP contribution in [-0.4, -0.2) is 24.5 Å². The summed E-state index contributed by atoms with van der Waals surface area (Å²) in [5.74, 6) is -2.29. The van der Waals surface area contributed by atoms with E-state index in [-0.39, 0.29) is 54.6 Å². The number of fused-ring (bicyclic) bond motifs is 1. The van der Waals surface area contributed by atoms with Gasteiger partial charge in [-0.15, -0.1) is 0 Å². The first-order valence-corrected chi connectivity index (χ1v) is 15.1. The molecule has 1 fully saturated rings. The number of amides is 1. The molecule has 1 aliphatic heterocycles. The number of carbonyl (C=O) groups excluding carboxylic acids is 2. The minimum Gasteiger partial charge on any atom is -0.466 e. The minimum absolute atomic E-state index is 0.0180. The zero-order chi connectivity index (χ0) is 34.2. The Morgan fingerprint density at radius 3 is 1.91 bits per heavy atom. The molecule has 3 atom stereocenters. The lowest BCUT2D eigenvalue weighted by Crippen LogP contribution is -2.49. The fourth-order valence-corrected chi connectivity index (χ4v) is 6.63. The Kier molecular flexibility index (Phi) is 10.4. The van der Waals surface area contributed by atoms with Crippen LogP contribution in [0.2, 0.25) is 0 Å². The van der Waals surface area contributed by atoms with Gasteiger partial charge >= 0.3 is 24.5 Å². The zero-order valence-electron chi connectivity index (χ0n) is 25.2. The number of rotatable bonds is 7. The summed E-state index contributed by atoms with van der Waals surface area (Å²) in [7, 11) is 0. The van der Waals surface area contributed by atoms with Crippen molar-refractivity contribution in [2.75, 3.05) is 11.5 Å². The Morgan fingerprint density at radius 1 is 0.848 bits per heavy atom. The normalized spacial score (nSPS) is 23.1. The lowest BCUT2D eigenvalue weighted by atomic mass is 9.75. The molecule has 0 aromatic heterocycles. The van der Waals surface area contributed by atoms with Crippen LogP contribution in [0, 0.1) is 11.8 Å². The van der Waals surface area contributed by atoms with Gasteiger partial charge in [-0.25, -0.2) is 0 Å². The molecule has 5 nitrogen and oxygen atoms in total. The van der Waals surface area contributed by atoms with Gasteiger partial charge in [0, 0.05) is 36.0 Å². The molecular formula is C32H35F9N2O3. The van der Waals surface area contributed by atoms with E-state index in [0.717, 1.165) is 18.2 Å². The fraction of sp³-hybridized carbons (Fsp3) is 0.562. The van der Waals surface area contributed by atoms with Crippen LogP contribution < -0.4 is 10.6 Å². The number of anilines is 1. The first kappa shape index (κ1) is 35.6. The largest absolute Gasteiger partial charge is 0.466 e. The van der Waals surface area contributed by atoms with Crippen molar-refractivity contribution in [1.29, 1.82) is 0 Å². The number of esters is 1. The zero-order valence-corrected chi connectivity index (χ0v) is 25.2. The van der Waals surface area contributed by atoms with E-state index in [1.807, 2.05) is 0 Å². The molecule has 2 aromatic rings. The molecule has 1 heterocycles. The number of nitrogens with zero attached hydrogens (tertiary/aromatic N) is 1.